The first-order valence-corrected chi connectivity index (χ1v) is 8.88. The van der Waals surface area contributed by atoms with Gasteiger partial charge in [0, 0.05) is 24.6 Å². The average molecular weight is 358 g/mol. The third-order valence-electron chi connectivity index (χ3n) is 5.26. The SMILES string of the molecule is COC(=O)C(C)(C)C1=CC(NC(=O)C(C)(C)c2cc(C)cn2C)=CC1C. The molecule has 0 bridgehead atoms. The number of ether oxygens (including phenoxy) is 1. The molecule has 142 valence electrons. The summed E-state index contributed by atoms with van der Waals surface area (Å²) in [7, 11) is 3.34. The molecule has 1 atom stereocenters. The van der Waals surface area contributed by atoms with Gasteiger partial charge in [0.05, 0.1) is 17.9 Å². The van der Waals surface area contributed by atoms with E-state index in [0.29, 0.717) is 0 Å². The minimum atomic E-state index is -0.734. The standard InChI is InChI=1S/C21H30N2O3/c1-13-9-17(23(7)12-13)21(5,6)18(24)22-15-10-14(2)16(11-15)20(3,4)19(25)26-8/h9-12,14H,1-8H3,(H,22,24). The lowest BCUT2D eigenvalue weighted by atomic mass is 9.79. The second kappa shape index (κ2) is 6.78. The molecule has 0 fully saturated rings. The van der Waals surface area contributed by atoms with Gasteiger partial charge in [-0.3, -0.25) is 9.59 Å². The van der Waals surface area contributed by atoms with Crippen molar-refractivity contribution in [3.8, 4) is 0 Å². The lowest BCUT2D eigenvalue weighted by Crippen LogP contribution is -2.40. The topological polar surface area (TPSA) is 60.3 Å². The predicted octanol–water partition coefficient (Wildman–Crippen LogP) is 3.39. The average Bonchev–Trinajstić information content (AvgIpc) is 3.08. The number of aryl methyl sites for hydroxylation is 2. The molecule has 1 aliphatic carbocycles. The maximum Gasteiger partial charge on any atom is 0.315 e. The Balaban J connectivity index is 2.23. The van der Waals surface area contributed by atoms with Crippen LogP contribution in [0.15, 0.2) is 35.7 Å². The molecule has 0 saturated carbocycles. The Morgan fingerprint density at radius 3 is 2.31 bits per heavy atom. The van der Waals surface area contributed by atoms with Gasteiger partial charge in [0.1, 0.15) is 0 Å². The summed E-state index contributed by atoms with van der Waals surface area (Å²) in [6.07, 6.45) is 5.88. The van der Waals surface area contributed by atoms with Crippen molar-refractivity contribution >= 4 is 11.9 Å². The first kappa shape index (κ1) is 20.0. The molecule has 1 heterocycles. The fourth-order valence-corrected chi connectivity index (χ4v) is 3.66. The van der Waals surface area contributed by atoms with Crippen LogP contribution in [0.1, 0.15) is 45.9 Å². The molecule has 2 rings (SSSR count). The van der Waals surface area contributed by atoms with Gasteiger partial charge in [0.2, 0.25) is 5.91 Å². The predicted molar refractivity (Wildman–Crippen MR) is 102 cm³/mol. The molecule has 5 nitrogen and oxygen atoms in total. The van der Waals surface area contributed by atoms with E-state index in [1.165, 1.54) is 7.11 Å². The number of nitrogens with zero attached hydrogens (tertiary/aromatic N) is 1. The normalized spacial score (nSPS) is 17.6. The highest BCUT2D eigenvalue weighted by Crippen LogP contribution is 2.38. The highest BCUT2D eigenvalue weighted by molar-refractivity contribution is 5.89. The van der Waals surface area contributed by atoms with Crippen LogP contribution in [0.3, 0.4) is 0 Å². The minimum absolute atomic E-state index is 0.0554. The Kier molecular flexibility index (Phi) is 5.22. The van der Waals surface area contributed by atoms with Crippen LogP contribution in [0.2, 0.25) is 0 Å². The quantitative estimate of drug-likeness (QED) is 0.821. The summed E-state index contributed by atoms with van der Waals surface area (Å²) in [5, 5.41) is 3.02. The number of allylic oxidation sites excluding steroid dienone is 2. The first-order valence-electron chi connectivity index (χ1n) is 8.88. The smallest absolute Gasteiger partial charge is 0.315 e. The minimum Gasteiger partial charge on any atom is -0.468 e. The monoisotopic (exact) mass is 358 g/mol. The van der Waals surface area contributed by atoms with E-state index in [1.54, 1.807) is 0 Å². The molecule has 0 aliphatic heterocycles. The van der Waals surface area contributed by atoms with Gasteiger partial charge in [-0.15, -0.1) is 0 Å². The molecule has 26 heavy (non-hydrogen) atoms. The molecule has 0 aromatic carbocycles. The van der Waals surface area contributed by atoms with Crippen molar-refractivity contribution in [2.75, 3.05) is 7.11 Å². The van der Waals surface area contributed by atoms with Gasteiger partial charge in [-0.1, -0.05) is 13.0 Å². The van der Waals surface area contributed by atoms with Crippen molar-refractivity contribution in [1.82, 2.24) is 9.88 Å². The second-order valence-electron chi connectivity index (χ2n) is 8.22. The van der Waals surface area contributed by atoms with E-state index >= 15 is 0 Å². The molecular weight excluding hydrogens is 328 g/mol. The Labute approximate surface area is 156 Å². The van der Waals surface area contributed by atoms with Gasteiger partial charge in [-0.05, 0) is 63.8 Å². The third kappa shape index (κ3) is 3.48. The van der Waals surface area contributed by atoms with Crippen molar-refractivity contribution in [2.24, 2.45) is 18.4 Å². The van der Waals surface area contributed by atoms with E-state index < -0.39 is 10.8 Å². The molecule has 5 heteroatoms. The Morgan fingerprint density at radius 1 is 1.19 bits per heavy atom. The van der Waals surface area contributed by atoms with Crippen LogP contribution in [-0.2, 0) is 26.8 Å². The van der Waals surface area contributed by atoms with E-state index in [4.69, 9.17) is 4.74 Å². The summed E-state index contributed by atoms with van der Waals surface area (Å²) < 4.78 is 6.91. The van der Waals surface area contributed by atoms with Crippen molar-refractivity contribution in [3.05, 3.63) is 46.9 Å². The maximum atomic E-state index is 12.9. The number of nitrogens with one attached hydrogen (secondary N) is 1. The zero-order chi connectivity index (χ0) is 19.9. The molecule has 1 aromatic rings. The van der Waals surface area contributed by atoms with Gasteiger partial charge in [0.15, 0.2) is 0 Å². The largest absolute Gasteiger partial charge is 0.468 e. The third-order valence-corrected chi connectivity index (χ3v) is 5.26. The van der Waals surface area contributed by atoms with Crippen LogP contribution in [0, 0.1) is 18.3 Å². The van der Waals surface area contributed by atoms with Crippen molar-refractivity contribution < 1.29 is 14.3 Å². The van der Waals surface area contributed by atoms with Crippen LogP contribution in [0.5, 0.6) is 0 Å². The van der Waals surface area contributed by atoms with E-state index in [1.807, 2.05) is 77.6 Å². The number of carbonyl (C=O) groups is 2. The van der Waals surface area contributed by atoms with E-state index in [-0.39, 0.29) is 17.8 Å². The highest BCUT2D eigenvalue weighted by atomic mass is 16.5. The van der Waals surface area contributed by atoms with Crippen LogP contribution in [0.25, 0.3) is 0 Å². The fraction of sp³-hybridized carbons (Fsp3) is 0.524. The number of amides is 1. The zero-order valence-corrected chi connectivity index (χ0v) is 17.1. The number of hydrogen-bond acceptors (Lipinski definition) is 3. The van der Waals surface area contributed by atoms with Crippen molar-refractivity contribution in [2.45, 2.75) is 47.0 Å². The molecular formula is C21H30N2O3. The molecule has 0 spiro atoms. The summed E-state index contributed by atoms with van der Waals surface area (Å²) in [4.78, 5) is 25.1. The zero-order valence-electron chi connectivity index (χ0n) is 17.1. The molecule has 0 saturated heterocycles. The number of rotatable bonds is 5. The molecule has 1 unspecified atom stereocenters. The molecule has 1 N–H and O–H groups in total. The Morgan fingerprint density at radius 2 is 1.81 bits per heavy atom. The van der Waals surface area contributed by atoms with E-state index in [9.17, 15) is 9.59 Å². The summed E-state index contributed by atoms with van der Waals surface area (Å²) in [5.41, 5.74) is 2.33. The van der Waals surface area contributed by atoms with Crippen LogP contribution in [-0.4, -0.2) is 23.6 Å². The number of aromatic nitrogens is 1. The maximum absolute atomic E-state index is 12.9. The van der Waals surface area contributed by atoms with Gasteiger partial charge >= 0.3 is 5.97 Å². The summed E-state index contributed by atoms with van der Waals surface area (Å²) in [6.45, 7) is 11.6. The summed E-state index contributed by atoms with van der Waals surface area (Å²) in [6, 6.07) is 2.03. The number of carbonyl (C=O) groups excluding carboxylic acids is 2. The lowest BCUT2D eigenvalue weighted by Gasteiger charge is -2.26. The Hall–Kier alpha value is -2.30. The van der Waals surface area contributed by atoms with Crippen LogP contribution >= 0.6 is 0 Å². The van der Waals surface area contributed by atoms with Gasteiger partial charge in [0.25, 0.3) is 0 Å². The molecule has 0 radical (unpaired) electrons. The molecule has 1 amide bonds. The molecule has 1 aliphatic rings. The Bertz CT molecular complexity index is 794. The summed E-state index contributed by atoms with van der Waals surface area (Å²) in [5.74, 6) is -0.304. The number of hydrogen-bond donors (Lipinski definition) is 1. The van der Waals surface area contributed by atoms with E-state index in [0.717, 1.165) is 22.5 Å². The van der Waals surface area contributed by atoms with Crippen LogP contribution in [0.4, 0.5) is 0 Å². The highest BCUT2D eigenvalue weighted by Gasteiger charge is 2.38. The van der Waals surface area contributed by atoms with Gasteiger partial charge < -0.3 is 14.6 Å². The van der Waals surface area contributed by atoms with Crippen molar-refractivity contribution in [3.63, 3.8) is 0 Å². The van der Waals surface area contributed by atoms with Gasteiger partial charge in [-0.2, -0.15) is 0 Å². The molecule has 1 aromatic heterocycles. The number of methoxy groups -OCH3 is 1. The lowest BCUT2D eigenvalue weighted by molar-refractivity contribution is -0.148. The number of esters is 1. The second-order valence-corrected chi connectivity index (χ2v) is 8.22. The summed E-state index contributed by atoms with van der Waals surface area (Å²) >= 11 is 0. The van der Waals surface area contributed by atoms with Crippen LogP contribution < -0.4 is 5.32 Å². The van der Waals surface area contributed by atoms with E-state index in [2.05, 4.69) is 5.32 Å². The van der Waals surface area contributed by atoms with Gasteiger partial charge in [-0.25, -0.2) is 0 Å². The fourth-order valence-electron chi connectivity index (χ4n) is 3.66. The first-order chi connectivity index (χ1) is 11.9. The van der Waals surface area contributed by atoms with Crippen molar-refractivity contribution in [1.29, 1.82) is 0 Å².